The van der Waals surface area contributed by atoms with E-state index in [0.717, 1.165) is 24.8 Å². The number of hydrogen-bond donors (Lipinski definition) is 1. The standard InChI is InChI=1S/C14H28O3/c1-5-16-14(17-6-2)10-12(3)8-7-9-13(4)11-15/h9,12,14-15H,5-8,10-11H2,1-4H3/b13-9-. The van der Waals surface area contributed by atoms with Gasteiger partial charge in [0.05, 0.1) is 6.61 Å². The minimum absolute atomic E-state index is 0.0667. The zero-order valence-corrected chi connectivity index (χ0v) is 11.7. The SMILES string of the molecule is CCOC(CC(C)CC/C=C(/C)CO)OCC. The van der Waals surface area contributed by atoms with Gasteiger partial charge in [-0.25, -0.2) is 0 Å². The van der Waals surface area contributed by atoms with Crippen LogP contribution >= 0.6 is 0 Å². The van der Waals surface area contributed by atoms with E-state index in [1.54, 1.807) is 0 Å². The summed E-state index contributed by atoms with van der Waals surface area (Å²) in [5.74, 6) is 0.570. The van der Waals surface area contributed by atoms with Crippen LogP contribution in [0.3, 0.4) is 0 Å². The topological polar surface area (TPSA) is 38.7 Å². The summed E-state index contributed by atoms with van der Waals surface area (Å²) in [6, 6.07) is 0. The van der Waals surface area contributed by atoms with Crippen LogP contribution in [0.5, 0.6) is 0 Å². The maximum atomic E-state index is 8.88. The van der Waals surface area contributed by atoms with Crippen molar-refractivity contribution in [2.24, 2.45) is 5.92 Å². The Morgan fingerprint density at radius 3 is 2.29 bits per heavy atom. The van der Waals surface area contributed by atoms with Gasteiger partial charge < -0.3 is 14.6 Å². The van der Waals surface area contributed by atoms with E-state index in [2.05, 4.69) is 13.0 Å². The molecule has 102 valence electrons. The van der Waals surface area contributed by atoms with Crippen LogP contribution in [0, 0.1) is 5.92 Å². The molecule has 3 heteroatoms. The molecule has 17 heavy (non-hydrogen) atoms. The molecule has 0 amide bonds. The van der Waals surface area contributed by atoms with Crippen molar-refractivity contribution in [3.8, 4) is 0 Å². The van der Waals surface area contributed by atoms with Crippen LogP contribution in [0.1, 0.15) is 47.0 Å². The second-order valence-corrected chi connectivity index (χ2v) is 4.47. The average molecular weight is 244 g/mol. The third-order valence-corrected chi connectivity index (χ3v) is 2.70. The van der Waals surface area contributed by atoms with Crippen LogP contribution in [0.4, 0.5) is 0 Å². The number of aliphatic hydroxyl groups excluding tert-OH is 1. The molecule has 1 N–H and O–H groups in total. The fourth-order valence-electron chi connectivity index (χ4n) is 1.68. The van der Waals surface area contributed by atoms with Crippen molar-refractivity contribution in [1.29, 1.82) is 0 Å². The number of rotatable bonds is 10. The molecule has 3 nitrogen and oxygen atoms in total. The van der Waals surface area contributed by atoms with Crippen molar-refractivity contribution in [3.05, 3.63) is 11.6 Å². The van der Waals surface area contributed by atoms with Gasteiger partial charge in [-0.05, 0) is 39.5 Å². The third-order valence-electron chi connectivity index (χ3n) is 2.70. The Hall–Kier alpha value is -0.380. The minimum Gasteiger partial charge on any atom is -0.392 e. The predicted molar refractivity (Wildman–Crippen MR) is 70.9 cm³/mol. The number of aliphatic hydroxyl groups is 1. The summed E-state index contributed by atoms with van der Waals surface area (Å²) < 4.78 is 11.0. The summed E-state index contributed by atoms with van der Waals surface area (Å²) in [6.07, 6.45) is 5.09. The van der Waals surface area contributed by atoms with Gasteiger partial charge in [0.15, 0.2) is 6.29 Å². The van der Waals surface area contributed by atoms with E-state index >= 15 is 0 Å². The Kier molecular flexibility index (Phi) is 10.5. The zero-order valence-electron chi connectivity index (χ0n) is 11.7. The first-order valence-corrected chi connectivity index (χ1v) is 6.63. The van der Waals surface area contributed by atoms with Gasteiger partial charge in [0, 0.05) is 19.6 Å². The van der Waals surface area contributed by atoms with Crippen LogP contribution in [0.2, 0.25) is 0 Å². The fourth-order valence-corrected chi connectivity index (χ4v) is 1.68. The molecule has 0 rings (SSSR count). The molecule has 0 saturated carbocycles. The van der Waals surface area contributed by atoms with E-state index < -0.39 is 0 Å². The predicted octanol–water partition coefficient (Wildman–Crippen LogP) is 3.13. The lowest BCUT2D eigenvalue weighted by Crippen LogP contribution is -2.20. The monoisotopic (exact) mass is 244 g/mol. The van der Waals surface area contributed by atoms with Crippen LogP contribution in [0.25, 0.3) is 0 Å². The lowest BCUT2D eigenvalue weighted by Gasteiger charge is -2.20. The Balaban J connectivity index is 3.84. The van der Waals surface area contributed by atoms with E-state index in [9.17, 15) is 0 Å². The normalized spacial score (nSPS) is 14.4. The molecule has 0 radical (unpaired) electrons. The summed E-state index contributed by atoms with van der Waals surface area (Å²) in [5, 5.41) is 8.88. The van der Waals surface area contributed by atoms with Crippen molar-refractivity contribution in [2.75, 3.05) is 19.8 Å². The number of hydrogen-bond acceptors (Lipinski definition) is 3. The Bertz CT molecular complexity index is 196. The quantitative estimate of drug-likeness (QED) is 0.474. The summed E-state index contributed by atoms with van der Waals surface area (Å²) in [5.41, 5.74) is 1.04. The maximum absolute atomic E-state index is 8.88. The summed E-state index contributed by atoms with van der Waals surface area (Å²) >= 11 is 0. The number of ether oxygens (including phenoxy) is 2. The molecule has 1 unspecified atom stereocenters. The minimum atomic E-state index is -0.0667. The van der Waals surface area contributed by atoms with Gasteiger partial charge in [-0.3, -0.25) is 0 Å². The lowest BCUT2D eigenvalue weighted by molar-refractivity contribution is -0.145. The second kappa shape index (κ2) is 10.8. The molecule has 0 aliphatic heterocycles. The molecule has 0 heterocycles. The molecule has 0 aromatic heterocycles. The van der Waals surface area contributed by atoms with Crippen molar-refractivity contribution < 1.29 is 14.6 Å². The van der Waals surface area contributed by atoms with E-state index in [0.29, 0.717) is 19.1 Å². The molecular formula is C14H28O3. The highest BCUT2D eigenvalue weighted by Crippen LogP contribution is 2.16. The second-order valence-electron chi connectivity index (χ2n) is 4.47. The highest BCUT2D eigenvalue weighted by Gasteiger charge is 2.12. The van der Waals surface area contributed by atoms with Crippen LogP contribution in [-0.2, 0) is 9.47 Å². The van der Waals surface area contributed by atoms with Gasteiger partial charge >= 0.3 is 0 Å². The molecule has 0 aliphatic rings. The molecule has 1 atom stereocenters. The molecule has 0 aromatic rings. The maximum Gasteiger partial charge on any atom is 0.157 e. The average Bonchev–Trinajstić information content (AvgIpc) is 2.29. The van der Waals surface area contributed by atoms with Gasteiger partial charge in [0.2, 0.25) is 0 Å². The van der Waals surface area contributed by atoms with Gasteiger partial charge in [-0.1, -0.05) is 18.6 Å². The van der Waals surface area contributed by atoms with Crippen molar-refractivity contribution in [3.63, 3.8) is 0 Å². The molecule has 0 spiro atoms. The van der Waals surface area contributed by atoms with E-state index in [-0.39, 0.29) is 12.9 Å². The van der Waals surface area contributed by atoms with Crippen LogP contribution in [0.15, 0.2) is 11.6 Å². The van der Waals surface area contributed by atoms with Crippen LogP contribution < -0.4 is 0 Å². The first-order valence-electron chi connectivity index (χ1n) is 6.63. The highest BCUT2D eigenvalue weighted by atomic mass is 16.7. The largest absolute Gasteiger partial charge is 0.392 e. The molecule has 0 aliphatic carbocycles. The zero-order chi connectivity index (χ0) is 13.1. The smallest absolute Gasteiger partial charge is 0.157 e. The molecule has 0 bridgehead atoms. The summed E-state index contributed by atoms with van der Waals surface area (Å²) in [6.45, 7) is 9.70. The molecule has 0 fully saturated rings. The molecular weight excluding hydrogens is 216 g/mol. The summed E-state index contributed by atoms with van der Waals surface area (Å²) in [4.78, 5) is 0. The van der Waals surface area contributed by atoms with Crippen molar-refractivity contribution >= 4 is 0 Å². The first kappa shape index (κ1) is 16.6. The van der Waals surface area contributed by atoms with Crippen LogP contribution in [-0.4, -0.2) is 31.2 Å². The van der Waals surface area contributed by atoms with Crippen molar-refractivity contribution in [1.82, 2.24) is 0 Å². The van der Waals surface area contributed by atoms with Gasteiger partial charge in [0.25, 0.3) is 0 Å². The fraction of sp³-hybridized carbons (Fsp3) is 0.857. The first-order chi connectivity index (χ1) is 8.13. The lowest BCUT2D eigenvalue weighted by atomic mass is 10.0. The van der Waals surface area contributed by atoms with Gasteiger partial charge in [0.1, 0.15) is 0 Å². The van der Waals surface area contributed by atoms with Gasteiger partial charge in [-0.15, -0.1) is 0 Å². The Morgan fingerprint density at radius 1 is 1.24 bits per heavy atom. The Morgan fingerprint density at radius 2 is 1.82 bits per heavy atom. The van der Waals surface area contributed by atoms with E-state index in [4.69, 9.17) is 14.6 Å². The van der Waals surface area contributed by atoms with E-state index in [1.165, 1.54) is 0 Å². The van der Waals surface area contributed by atoms with Gasteiger partial charge in [-0.2, -0.15) is 0 Å². The molecule has 0 saturated heterocycles. The molecule has 0 aromatic carbocycles. The third kappa shape index (κ3) is 9.33. The Labute approximate surface area is 106 Å². The highest BCUT2D eigenvalue weighted by molar-refractivity contribution is 4.97. The van der Waals surface area contributed by atoms with E-state index in [1.807, 2.05) is 20.8 Å². The van der Waals surface area contributed by atoms with Crippen molar-refractivity contribution in [2.45, 2.75) is 53.2 Å². The summed E-state index contributed by atoms with van der Waals surface area (Å²) in [7, 11) is 0. The number of allylic oxidation sites excluding steroid dienone is 1.